The standard InChI is InChI=1S/C15H20FN3OS/c1-10-4-6-19(7-5-10)15(20)18-9-12-3-2-11(14(17)21)8-13(12)16/h2-3,8,10H,4-7,9H2,1H3,(H2,17,21)(H,18,20). The van der Waals surface area contributed by atoms with Crippen molar-refractivity contribution >= 4 is 23.2 Å². The Morgan fingerprint density at radius 3 is 2.71 bits per heavy atom. The summed E-state index contributed by atoms with van der Waals surface area (Å²) in [6, 6.07) is 4.42. The summed E-state index contributed by atoms with van der Waals surface area (Å²) in [6.07, 6.45) is 2.04. The Bertz CT molecular complexity index is 542. The van der Waals surface area contributed by atoms with Crippen molar-refractivity contribution in [2.45, 2.75) is 26.3 Å². The van der Waals surface area contributed by atoms with E-state index in [4.69, 9.17) is 18.0 Å². The molecular formula is C15H20FN3OS. The highest BCUT2D eigenvalue weighted by Crippen LogP contribution is 2.16. The lowest BCUT2D eigenvalue weighted by atomic mass is 10.00. The quantitative estimate of drug-likeness (QED) is 0.843. The van der Waals surface area contributed by atoms with Gasteiger partial charge in [-0.1, -0.05) is 31.3 Å². The van der Waals surface area contributed by atoms with Gasteiger partial charge in [-0.2, -0.15) is 0 Å². The summed E-state index contributed by atoms with van der Waals surface area (Å²) < 4.78 is 13.9. The van der Waals surface area contributed by atoms with Crippen LogP contribution in [0.1, 0.15) is 30.9 Å². The normalized spacial score (nSPS) is 15.8. The van der Waals surface area contributed by atoms with Crippen LogP contribution in [-0.4, -0.2) is 29.0 Å². The first-order valence-corrected chi connectivity index (χ1v) is 7.49. The molecule has 114 valence electrons. The average molecular weight is 309 g/mol. The van der Waals surface area contributed by atoms with Crippen LogP contribution >= 0.6 is 12.2 Å². The first-order chi connectivity index (χ1) is 9.97. The van der Waals surface area contributed by atoms with Crippen LogP contribution in [0.3, 0.4) is 0 Å². The summed E-state index contributed by atoms with van der Waals surface area (Å²) >= 11 is 4.80. The van der Waals surface area contributed by atoms with Crippen molar-refractivity contribution in [1.82, 2.24) is 10.2 Å². The molecule has 21 heavy (non-hydrogen) atoms. The van der Waals surface area contributed by atoms with Gasteiger partial charge in [0.05, 0.1) is 0 Å². The summed E-state index contributed by atoms with van der Waals surface area (Å²) in [5.41, 5.74) is 6.37. The van der Waals surface area contributed by atoms with Crippen LogP contribution in [0.5, 0.6) is 0 Å². The van der Waals surface area contributed by atoms with Crippen molar-refractivity contribution < 1.29 is 9.18 Å². The molecule has 1 saturated heterocycles. The highest BCUT2D eigenvalue weighted by molar-refractivity contribution is 7.80. The lowest BCUT2D eigenvalue weighted by Gasteiger charge is -2.30. The van der Waals surface area contributed by atoms with Crippen LogP contribution < -0.4 is 11.1 Å². The van der Waals surface area contributed by atoms with Gasteiger partial charge in [0, 0.05) is 30.8 Å². The summed E-state index contributed by atoms with van der Waals surface area (Å²) in [5.74, 6) is 0.256. The molecule has 4 nitrogen and oxygen atoms in total. The van der Waals surface area contributed by atoms with Crippen LogP contribution in [-0.2, 0) is 6.54 Å². The fraction of sp³-hybridized carbons (Fsp3) is 0.467. The van der Waals surface area contributed by atoms with Gasteiger partial charge in [-0.3, -0.25) is 0 Å². The second-order valence-corrected chi connectivity index (χ2v) is 5.94. The maximum atomic E-state index is 13.9. The lowest BCUT2D eigenvalue weighted by Crippen LogP contribution is -2.43. The number of amides is 2. The summed E-state index contributed by atoms with van der Waals surface area (Å²) in [4.78, 5) is 14.0. The zero-order valence-corrected chi connectivity index (χ0v) is 12.9. The maximum absolute atomic E-state index is 13.9. The molecule has 0 unspecified atom stereocenters. The SMILES string of the molecule is CC1CCN(C(=O)NCc2ccc(C(N)=S)cc2F)CC1. The van der Waals surface area contributed by atoms with E-state index in [1.165, 1.54) is 6.07 Å². The van der Waals surface area contributed by atoms with E-state index in [1.54, 1.807) is 17.0 Å². The number of piperidine rings is 1. The minimum Gasteiger partial charge on any atom is -0.389 e. The van der Waals surface area contributed by atoms with E-state index >= 15 is 0 Å². The Kier molecular flexibility index (Phi) is 5.12. The Hall–Kier alpha value is -1.69. The second kappa shape index (κ2) is 6.85. The molecule has 1 heterocycles. The zero-order chi connectivity index (χ0) is 15.4. The molecule has 0 aliphatic carbocycles. The third-order valence-electron chi connectivity index (χ3n) is 3.84. The number of halogens is 1. The van der Waals surface area contributed by atoms with E-state index in [1.807, 2.05) is 0 Å². The number of nitrogens with two attached hydrogens (primary N) is 1. The van der Waals surface area contributed by atoms with E-state index in [0.717, 1.165) is 25.9 Å². The Labute approximate surface area is 129 Å². The molecule has 2 rings (SSSR count). The highest BCUT2D eigenvalue weighted by atomic mass is 32.1. The van der Waals surface area contributed by atoms with Crippen LogP contribution in [0, 0.1) is 11.7 Å². The molecule has 0 bridgehead atoms. The molecule has 0 radical (unpaired) electrons. The first-order valence-electron chi connectivity index (χ1n) is 7.08. The molecule has 1 aliphatic heterocycles. The molecular weight excluding hydrogens is 289 g/mol. The molecule has 3 N–H and O–H groups in total. The predicted octanol–water partition coefficient (Wildman–Crippen LogP) is 2.40. The van der Waals surface area contributed by atoms with Crippen LogP contribution in [0.15, 0.2) is 18.2 Å². The van der Waals surface area contributed by atoms with E-state index in [9.17, 15) is 9.18 Å². The van der Waals surface area contributed by atoms with Crippen LogP contribution in [0.25, 0.3) is 0 Å². The number of rotatable bonds is 3. The average Bonchev–Trinajstić information content (AvgIpc) is 2.46. The molecule has 1 aliphatic rings. The Morgan fingerprint density at radius 2 is 2.14 bits per heavy atom. The van der Waals surface area contributed by atoms with Gasteiger partial charge in [-0.15, -0.1) is 0 Å². The molecule has 1 aromatic rings. The third-order valence-corrected chi connectivity index (χ3v) is 4.07. The van der Waals surface area contributed by atoms with E-state index in [2.05, 4.69) is 12.2 Å². The molecule has 1 aromatic carbocycles. The fourth-order valence-corrected chi connectivity index (χ4v) is 2.47. The van der Waals surface area contributed by atoms with Gasteiger partial charge in [0.1, 0.15) is 10.8 Å². The van der Waals surface area contributed by atoms with Crippen molar-refractivity contribution in [2.75, 3.05) is 13.1 Å². The lowest BCUT2D eigenvalue weighted by molar-refractivity contribution is 0.173. The largest absolute Gasteiger partial charge is 0.389 e. The number of carbonyl (C=O) groups is 1. The van der Waals surface area contributed by atoms with Crippen molar-refractivity contribution in [3.8, 4) is 0 Å². The molecule has 0 atom stereocenters. The number of hydrogen-bond acceptors (Lipinski definition) is 2. The van der Waals surface area contributed by atoms with Crippen molar-refractivity contribution in [3.63, 3.8) is 0 Å². The second-order valence-electron chi connectivity index (χ2n) is 5.50. The molecule has 6 heteroatoms. The number of carbonyl (C=O) groups excluding carboxylic acids is 1. The number of nitrogens with zero attached hydrogens (tertiary/aromatic N) is 1. The molecule has 0 spiro atoms. The minimum absolute atomic E-state index is 0.139. The van der Waals surface area contributed by atoms with Gasteiger partial charge in [0.15, 0.2) is 0 Å². The monoisotopic (exact) mass is 309 g/mol. The molecule has 2 amide bonds. The van der Waals surface area contributed by atoms with Gasteiger partial charge in [0.25, 0.3) is 0 Å². The fourth-order valence-electron chi connectivity index (χ4n) is 2.34. The predicted molar refractivity (Wildman–Crippen MR) is 84.5 cm³/mol. The van der Waals surface area contributed by atoms with Gasteiger partial charge in [0.2, 0.25) is 0 Å². The van der Waals surface area contributed by atoms with Gasteiger partial charge < -0.3 is 16.0 Å². The van der Waals surface area contributed by atoms with Gasteiger partial charge in [-0.25, -0.2) is 9.18 Å². The Balaban J connectivity index is 1.91. The van der Waals surface area contributed by atoms with E-state index in [-0.39, 0.29) is 17.6 Å². The van der Waals surface area contributed by atoms with Crippen molar-refractivity contribution in [3.05, 3.63) is 35.1 Å². The molecule has 0 saturated carbocycles. The van der Waals surface area contributed by atoms with Crippen molar-refractivity contribution in [1.29, 1.82) is 0 Å². The smallest absolute Gasteiger partial charge is 0.317 e. The first kappa shape index (κ1) is 15.7. The third kappa shape index (κ3) is 4.14. The Morgan fingerprint density at radius 1 is 1.48 bits per heavy atom. The number of thiocarbonyl (C=S) groups is 1. The summed E-state index contributed by atoms with van der Waals surface area (Å²) in [5, 5.41) is 2.76. The minimum atomic E-state index is -0.409. The maximum Gasteiger partial charge on any atom is 0.317 e. The van der Waals surface area contributed by atoms with Crippen LogP contribution in [0.2, 0.25) is 0 Å². The number of benzene rings is 1. The van der Waals surface area contributed by atoms with E-state index in [0.29, 0.717) is 17.0 Å². The number of urea groups is 1. The summed E-state index contributed by atoms with van der Waals surface area (Å²) in [7, 11) is 0. The summed E-state index contributed by atoms with van der Waals surface area (Å²) in [6.45, 7) is 3.87. The molecule has 0 aromatic heterocycles. The van der Waals surface area contributed by atoms with Gasteiger partial charge >= 0.3 is 6.03 Å². The van der Waals surface area contributed by atoms with Gasteiger partial charge in [-0.05, 0) is 24.8 Å². The van der Waals surface area contributed by atoms with Crippen LogP contribution in [0.4, 0.5) is 9.18 Å². The topological polar surface area (TPSA) is 58.4 Å². The number of nitrogens with one attached hydrogen (secondary N) is 1. The van der Waals surface area contributed by atoms with Crippen molar-refractivity contribution in [2.24, 2.45) is 11.7 Å². The highest BCUT2D eigenvalue weighted by Gasteiger charge is 2.20. The number of hydrogen-bond donors (Lipinski definition) is 2. The molecule has 1 fully saturated rings. The van der Waals surface area contributed by atoms with E-state index < -0.39 is 5.82 Å². The zero-order valence-electron chi connectivity index (χ0n) is 12.1. The number of likely N-dealkylation sites (tertiary alicyclic amines) is 1.